The largest absolute Gasteiger partial charge is 0.357 e. The molecule has 25 heavy (non-hydrogen) atoms. The third-order valence-corrected chi connectivity index (χ3v) is 4.85. The fraction of sp³-hybridized carbons (Fsp3) is 0.208. The average Bonchev–Trinajstić information content (AvgIpc) is 2.79. The molecule has 1 N–H and O–H groups in total. The van der Waals surface area contributed by atoms with Crippen molar-refractivity contribution >= 4 is 17.7 Å². The molecule has 0 amide bonds. The molecule has 0 saturated carbocycles. The minimum atomic E-state index is -0.189. The molecule has 1 heteroatoms. The van der Waals surface area contributed by atoms with E-state index >= 15 is 0 Å². The molecule has 0 saturated heterocycles. The molecule has 0 atom stereocenters. The third kappa shape index (κ3) is 2.52. The standard InChI is InChI=1S/C24H23N/c1-8-17-11-10-12-19-21(14-17)25-23-22(19)16(5)18(9-2)20(13-15(3)4)24(23,6)7/h1,9,11-14,25H,2,5H2,3-4,6-7H3. The van der Waals surface area contributed by atoms with Crippen molar-refractivity contribution in [1.82, 2.24) is 4.98 Å². The van der Waals surface area contributed by atoms with Crippen LogP contribution in [-0.2, 0) is 5.41 Å². The summed E-state index contributed by atoms with van der Waals surface area (Å²) in [6.45, 7) is 17.1. The first-order valence-corrected chi connectivity index (χ1v) is 8.40. The van der Waals surface area contributed by atoms with Crippen molar-refractivity contribution in [3.8, 4) is 12.3 Å². The quantitative estimate of drug-likeness (QED) is 0.509. The molecular formula is C24H23N. The lowest BCUT2D eigenvalue weighted by atomic mass is 9.69. The van der Waals surface area contributed by atoms with Gasteiger partial charge in [-0.2, -0.15) is 0 Å². The Kier molecular flexibility index (Phi) is 3.96. The Balaban J connectivity index is 2.37. The van der Waals surface area contributed by atoms with Gasteiger partial charge in [0.25, 0.3) is 0 Å². The number of aromatic amines is 1. The molecule has 2 aliphatic rings. The van der Waals surface area contributed by atoms with Crippen LogP contribution in [0.5, 0.6) is 0 Å². The summed E-state index contributed by atoms with van der Waals surface area (Å²) in [4.78, 5) is 3.61. The summed E-state index contributed by atoms with van der Waals surface area (Å²) < 4.78 is 0. The first-order valence-electron chi connectivity index (χ1n) is 8.40. The number of aromatic nitrogens is 1. The van der Waals surface area contributed by atoms with Gasteiger partial charge >= 0.3 is 0 Å². The van der Waals surface area contributed by atoms with Gasteiger partial charge in [-0.15, -0.1) is 12.2 Å². The average molecular weight is 325 g/mol. The summed E-state index contributed by atoms with van der Waals surface area (Å²) in [6, 6.07) is 0. The van der Waals surface area contributed by atoms with E-state index in [2.05, 4.69) is 63.6 Å². The van der Waals surface area contributed by atoms with Crippen molar-refractivity contribution in [1.29, 1.82) is 0 Å². The topological polar surface area (TPSA) is 15.8 Å². The van der Waals surface area contributed by atoms with Crippen molar-refractivity contribution in [2.24, 2.45) is 0 Å². The zero-order chi connectivity index (χ0) is 18.4. The number of nitrogens with one attached hydrogen (secondary N) is 1. The number of hydrogen-bond donors (Lipinski definition) is 1. The second kappa shape index (κ2) is 5.85. The summed E-state index contributed by atoms with van der Waals surface area (Å²) in [6.07, 6.45) is 15.6. The van der Waals surface area contributed by atoms with Crippen LogP contribution in [0.3, 0.4) is 0 Å². The predicted molar refractivity (Wildman–Crippen MR) is 109 cm³/mol. The fourth-order valence-electron chi connectivity index (χ4n) is 3.62. The molecule has 3 rings (SSSR count). The molecule has 0 bridgehead atoms. The second-order valence-electron chi connectivity index (χ2n) is 7.26. The first kappa shape index (κ1) is 16.9. The summed E-state index contributed by atoms with van der Waals surface area (Å²) in [5, 5.41) is 0. The third-order valence-electron chi connectivity index (χ3n) is 4.85. The molecule has 1 nitrogen and oxygen atoms in total. The van der Waals surface area contributed by atoms with E-state index in [1.54, 1.807) is 0 Å². The molecule has 124 valence electrons. The van der Waals surface area contributed by atoms with E-state index in [4.69, 9.17) is 6.42 Å². The first-order chi connectivity index (χ1) is 11.8. The summed E-state index contributed by atoms with van der Waals surface area (Å²) in [7, 11) is 0. The SMILES string of the molecule is C#CC1=Cc2[nH]c3c(c2C=C=C1)C(=C)C(C=C)=C(C=C(C)C)C3(C)C. The molecule has 0 radical (unpaired) electrons. The monoisotopic (exact) mass is 325 g/mol. The van der Waals surface area contributed by atoms with Gasteiger partial charge in [0, 0.05) is 33.5 Å². The van der Waals surface area contributed by atoms with Crippen molar-refractivity contribution < 1.29 is 0 Å². The molecule has 0 aromatic carbocycles. The van der Waals surface area contributed by atoms with Gasteiger partial charge in [0.05, 0.1) is 0 Å². The van der Waals surface area contributed by atoms with Gasteiger partial charge in [-0.25, -0.2) is 0 Å². The van der Waals surface area contributed by atoms with E-state index in [-0.39, 0.29) is 5.41 Å². The van der Waals surface area contributed by atoms with E-state index in [0.717, 1.165) is 39.2 Å². The van der Waals surface area contributed by atoms with Crippen molar-refractivity contribution in [2.45, 2.75) is 33.1 Å². The fourth-order valence-corrected chi connectivity index (χ4v) is 3.62. The summed E-state index contributed by atoms with van der Waals surface area (Å²) in [5.41, 5.74) is 12.8. The van der Waals surface area contributed by atoms with Crippen molar-refractivity contribution in [2.75, 3.05) is 0 Å². The van der Waals surface area contributed by atoms with Crippen LogP contribution in [0.1, 0.15) is 50.2 Å². The Labute approximate surface area is 150 Å². The minimum absolute atomic E-state index is 0.189. The van der Waals surface area contributed by atoms with Crippen LogP contribution >= 0.6 is 0 Å². The van der Waals surface area contributed by atoms with E-state index in [1.165, 1.54) is 11.1 Å². The van der Waals surface area contributed by atoms with Crippen molar-refractivity contribution in [3.63, 3.8) is 0 Å². The minimum Gasteiger partial charge on any atom is -0.357 e. The highest BCUT2D eigenvalue weighted by atomic mass is 14.8. The number of terminal acetylenes is 1. The van der Waals surface area contributed by atoms with E-state index in [1.807, 2.05) is 24.3 Å². The van der Waals surface area contributed by atoms with Crippen LogP contribution in [0.2, 0.25) is 0 Å². The lowest BCUT2D eigenvalue weighted by molar-refractivity contribution is 0.609. The number of hydrogen-bond acceptors (Lipinski definition) is 0. The maximum absolute atomic E-state index is 5.59. The van der Waals surface area contributed by atoms with Crippen LogP contribution in [0, 0.1) is 12.3 Å². The van der Waals surface area contributed by atoms with Gasteiger partial charge in [-0.05, 0) is 48.8 Å². The number of H-pyrrole nitrogens is 1. The molecule has 0 unspecified atom stereocenters. The van der Waals surface area contributed by atoms with Gasteiger partial charge in [0.1, 0.15) is 0 Å². The number of allylic oxidation sites excluding steroid dienone is 8. The van der Waals surface area contributed by atoms with E-state index < -0.39 is 0 Å². The Bertz CT molecular complexity index is 993. The lowest BCUT2D eigenvalue weighted by Crippen LogP contribution is -2.26. The van der Waals surface area contributed by atoms with Gasteiger partial charge < -0.3 is 4.98 Å². The Morgan fingerprint density at radius 3 is 2.64 bits per heavy atom. The van der Waals surface area contributed by atoms with Crippen LogP contribution in [0.25, 0.3) is 17.7 Å². The van der Waals surface area contributed by atoms with Gasteiger partial charge in [-0.3, -0.25) is 0 Å². The highest BCUT2D eigenvalue weighted by Crippen LogP contribution is 2.49. The van der Waals surface area contributed by atoms with Gasteiger partial charge in [0.2, 0.25) is 0 Å². The summed E-state index contributed by atoms with van der Waals surface area (Å²) >= 11 is 0. The lowest BCUT2D eigenvalue weighted by Gasteiger charge is -2.35. The van der Waals surface area contributed by atoms with Crippen LogP contribution in [0.4, 0.5) is 0 Å². The van der Waals surface area contributed by atoms with Crippen LogP contribution in [-0.4, -0.2) is 4.98 Å². The molecule has 1 heterocycles. The maximum Gasteiger partial charge on any atom is 0.0481 e. The molecule has 1 aromatic rings. The maximum atomic E-state index is 5.59. The normalized spacial score (nSPS) is 17.2. The van der Waals surface area contributed by atoms with Crippen molar-refractivity contribution in [3.05, 3.63) is 81.9 Å². The Morgan fingerprint density at radius 2 is 2.04 bits per heavy atom. The Morgan fingerprint density at radius 1 is 1.32 bits per heavy atom. The molecule has 0 aliphatic heterocycles. The zero-order valence-electron chi connectivity index (χ0n) is 15.4. The number of rotatable bonds is 2. The molecule has 1 aromatic heterocycles. The summed E-state index contributed by atoms with van der Waals surface area (Å²) in [5.74, 6) is 2.70. The van der Waals surface area contributed by atoms with Crippen LogP contribution in [0.15, 0.2) is 59.4 Å². The highest BCUT2D eigenvalue weighted by Gasteiger charge is 2.38. The molecule has 2 aliphatic carbocycles. The van der Waals surface area contributed by atoms with E-state index in [9.17, 15) is 0 Å². The molecule has 0 fully saturated rings. The predicted octanol–water partition coefficient (Wildman–Crippen LogP) is 5.97. The van der Waals surface area contributed by atoms with Crippen LogP contribution < -0.4 is 0 Å². The zero-order valence-corrected chi connectivity index (χ0v) is 15.4. The molecule has 0 spiro atoms. The number of fused-ring (bicyclic) bond motifs is 3. The van der Waals surface area contributed by atoms with Gasteiger partial charge in [-0.1, -0.05) is 50.7 Å². The Hall–Kier alpha value is -2.94. The highest BCUT2D eigenvalue weighted by molar-refractivity contribution is 5.93. The van der Waals surface area contributed by atoms with Gasteiger partial charge in [0.15, 0.2) is 0 Å². The molecular weight excluding hydrogens is 302 g/mol. The second-order valence-corrected chi connectivity index (χ2v) is 7.26. The van der Waals surface area contributed by atoms with E-state index in [0.29, 0.717) is 0 Å². The smallest absolute Gasteiger partial charge is 0.0481 e.